The van der Waals surface area contributed by atoms with Gasteiger partial charge in [0.1, 0.15) is 24.7 Å². The third-order valence-electron chi connectivity index (χ3n) is 6.16. The molecule has 2 amide bonds. The Balaban J connectivity index is 1.53. The van der Waals surface area contributed by atoms with Gasteiger partial charge in [0, 0.05) is 30.6 Å². The van der Waals surface area contributed by atoms with Crippen LogP contribution in [0.3, 0.4) is 0 Å². The average molecular weight is 497 g/mol. The number of hydrogen-bond acceptors (Lipinski definition) is 5. The summed E-state index contributed by atoms with van der Waals surface area (Å²) >= 11 is 1.69. The number of thiophene rings is 1. The highest BCUT2D eigenvalue weighted by Crippen LogP contribution is 2.34. The van der Waals surface area contributed by atoms with E-state index in [4.69, 9.17) is 9.47 Å². The maximum Gasteiger partial charge on any atom is 0.254 e. The molecule has 0 fully saturated rings. The molecule has 1 aromatic heterocycles. The largest absolute Gasteiger partial charge is 0.491 e. The number of rotatable bonds is 9. The number of methoxy groups -OCH3 is 1. The SMILES string of the molecule is COCCN(CC(=O)N1CCc2sccc2[C@H]1COc1ccccc1C)C(=O)c1cccc(F)c1. The fourth-order valence-electron chi connectivity index (χ4n) is 4.27. The average Bonchev–Trinajstić information content (AvgIpc) is 3.34. The molecule has 1 aliphatic rings. The van der Waals surface area contributed by atoms with E-state index in [1.54, 1.807) is 22.3 Å². The Labute approximate surface area is 208 Å². The number of hydrogen-bond donors (Lipinski definition) is 0. The summed E-state index contributed by atoms with van der Waals surface area (Å²) in [7, 11) is 1.54. The molecule has 3 aromatic rings. The van der Waals surface area contributed by atoms with E-state index in [9.17, 15) is 14.0 Å². The van der Waals surface area contributed by atoms with Crippen molar-refractivity contribution in [1.29, 1.82) is 0 Å². The lowest BCUT2D eigenvalue weighted by Gasteiger charge is -2.37. The zero-order chi connectivity index (χ0) is 24.8. The van der Waals surface area contributed by atoms with Crippen LogP contribution in [-0.2, 0) is 16.0 Å². The number of benzene rings is 2. The molecule has 0 N–H and O–H groups in total. The number of carbonyl (C=O) groups is 2. The van der Waals surface area contributed by atoms with Crippen LogP contribution in [0.25, 0.3) is 0 Å². The van der Waals surface area contributed by atoms with Crippen molar-refractivity contribution in [2.75, 3.05) is 40.0 Å². The first-order chi connectivity index (χ1) is 17.0. The van der Waals surface area contributed by atoms with Crippen LogP contribution in [0, 0.1) is 12.7 Å². The van der Waals surface area contributed by atoms with Crippen molar-refractivity contribution in [3.63, 3.8) is 0 Å². The van der Waals surface area contributed by atoms with Gasteiger partial charge in [0.2, 0.25) is 5.91 Å². The van der Waals surface area contributed by atoms with Gasteiger partial charge in [0.15, 0.2) is 0 Å². The summed E-state index contributed by atoms with van der Waals surface area (Å²) in [4.78, 5) is 31.1. The monoisotopic (exact) mass is 496 g/mol. The Hall–Kier alpha value is -3.23. The molecule has 184 valence electrons. The summed E-state index contributed by atoms with van der Waals surface area (Å²) in [5.74, 6) is -0.300. The van der Waals surface area contributed by atoms with Crippen LogP contribution in [0.15, 0.2) is 60.0 Å². The van der Waals surface area contributed by atoms with Crippen molar-refractivity contribution in [1.82, 2.24) is 9.80 Å². The molecule has 0 bridgehead atoms. The summed E-state index contributed by atoms with van der Waals surface area (Å²) in [6.45, 7) is 3.21. The van der Waals surface area contributed by atoms with Gasteiger partial charge in [-0.15, -0.1) is 11.3 Å². The number of para-hydroxylation sites is 1. The molecule has 0 unspecified atom stereocenters. The van der Waals surface area contributed by atoms with Gasteiger partial charge in [0.05, 0.1) is 12.6 Å². The first-order valence-electron chi connectivity index (χ1n) is 11.6. The number of amides is 2. The topological polar surface area (TPSA) is 59.1 Å². The number of halogens is 1. The predicted octanol–water partition coefficient (Wildman–Crippen LogP) is 4.49. The van der Waals surface area contributed by atoms with Gasteiger partial charge >= 0.3 is 0 Å². The van der Waals surface area contributed by atoms with Crippen LogP contribution >= 0.6 is 11.3 Å². The van der Waals surface area contributed by atoms with Crippen molar-refractivity contribution >= 4 is 23.2 Å². The van der Waals surface area contributed by atoms with Crippen LogP contribution in [0.5, 0.6) is 5.75 Å². The Kier molecular flexibility index (Phi) is 8.15. The van der Waals surface area contributed by atoms with Crippen LogP contribution in [0.4, 0.5) is 4.39 Å². The number of fused-ring (bicyclic) bond motifs is 1. The van der Waals surface area contributed by atoms with Crippen LogP contribution < -0.4 is 4.74 Å². The molecule has 35 heavy (non-hydrogen) atoms. The molecular weight excluding hydrogens is 467 g/mol. The van der Waals surface area contributed by atoms with Gasteiger partial charge in [-0.05, 0) is 60.2 Å². The van der Waals surface area contributed by atoms with E-state index in [0.29, 0.717) is 13.2 Å². The van der Waals surface area contributed by atoms with Crippen LogP contribution in [-0.4, -0.2) is 61.6 Å². The van der Waals surface area contributed by atoms with E-state index in [0.717, 1.165) is 23.3 Å². The van der Waals surface area contributed by atoms with Crippen molar-refractivity contribution in [3.8, 4) is 5.75 Å². The summed E-state index contributed by atoms with van der Waals surface area (Å²) in [6, 6.07) is 15.1. The van der Waals surface area contributed by atoms with Crippen molar-refractivity contribution in [2.45, 2.75) is 19.4 Å². The predicted molar refractivity (Wildman–Crippen MR) is 133 cm³/mol. The first-order valence-corrected chi connectivity index (χ1v) is 12.4. The van der Waals surface area contributed by atoms with Crippen molar-refractivity contribution in [3.05, 3.63) is 87.4 Å². The highest BCUT2D eigenvalue weighted by Gasteiger charge is 2.33. The van der Waals surface area contributed by atoms with Crippen LogP contribution in [0.2, 0.25) is 0 Å². The molecular formula is C27H29FN2O4S. The summed E-state index contributed by atoms with van der Waals surface area (Å²) in [6.07, 6.45) is 0.759. The zero-order valence-corrected chi connectivity index (χ0v) is 20.7. The molecule has 2 heterocycles. The Bertz CT molecular complexity index is 1180. The lowest BCUT2D eigenvalue weighted by Crippen LogP contribution is -2.48. The normalized spacial score (nSPS) is 14.9. The smallest absolute Gasteiger partial charge is 0.254 e. The highest BCUT2D eigenvalue weighted by atomic mass is 32.1. The second-order valence-electron chi connectivity index (χ2n) is 8.46. The van der Waals surface area contributed by atoms with Crippen LogP contribution in [0.1, 0.15) is 32.4 Å². The molecule has 6 nitrogen and oxygen atoms in total. The van der Waals surface area contributed by atoms with E-state index in [2.05, 4.69) is 0 Å². The fraction of sp³-hybridized carbons (Fsp3) is 0.333. The summed E-state index contributed by atoms with van der Waals surface area (Å²) in [5, 5.41) is 2.04. The van der Waals surface area contributed by atoms with Gasteiger partial charge in [-0.25, -0.2) is 4.39 Å². The van der Waals surface area contributed by atoms with Crippen molar-refractivity contribution < 1.29 is 23.5 Å². The first kappa shape index (κ1) is 24.9. The summed E-state index contributed by atoms with van der Waals surface area (Å²) < 4.78 is 25.0. The number of ether oxygens (including phenoxy) is 2. The Morgan fingerprint density at radius 2 is 2.00 bits per heavy atom. The highest BCUT2D eigenvalue weighted by molar-refractivity contribution is 7.10. The Morgan fingerprint density at radius 1 is 1.17 bits per heavy atom. The second kappa shape index (κ2) is 11.5. The van der Waals surface area contributed by atoms with Gasteiger partial charge in [-0.2, -0.15) is 0 Å². The van der Waals surface area contributed by atoms with Gasteiger partial charge < -0.3 is 19.3 Å². The molecule has 0 radical (unpaired) electrons. The van der Waals surface area contributed by atoms with E-state index < -0.39 is 11.7 Å². The third kappa shape index (κ3) is 5.89. The molecule has 2 aromatic carbocycles. The van der Waals surface area contributed by atoms with Gasteiger partial charge in [0.25, 0.3) is 5.91 Å². The van der Waals surface area contributed by atoms with E-state index in [1.165, 1.54) is 35.1 Å². The maximum atomic E-state index is 13.7. The number of carbonyl (C=O) groups excluding carboxylic acids is 2. The van der Waals surface area contributed by atoms with Crippen molar-refractivity contribution in [2.24, 2.45) is 0 Å². The molecule has 0 saturated heterocycles. The lowest BCUT2D eigenvalue weighted by molar-refractivity contribution is -0.135. The zero-order valence-electron chi connectivity index (χ0n) is 19.9. The molecule has 8 heteroatoms. The number of nitrogens with zero attached hydrogens (tertiary/aromatic N) is 2. The molecule has 0 spiro atoms. The lowest BCUT2D eigenvalue weighted by atomic mass is 10.00. The van der Waals surface area contributed by atoms with E-state index in [1.807, 2.05) is 42.6 Å². The minimum atomic E-state index is -0.497. The fourth-order valence-corrected chi connectivity index (χ4v) is 5.20. The van der Waals surface area contributed by atoms with E-state index in [-0.39, 0.29) is 37.2 Å². The molecule has 4 rings (SSSR count). The quantitative estimate of drug-likeness (QED) is 0.438. The standard InChI is InChI=1S/C27H29FN2O4S/c1-19-6-3-4-9-24(19)34-18-23-22-11-15-35-25(22)10-12-30(23)26(31)17-29(13-14-33-2)27(32)20-7-5-8-21(28)16-20/h3-9,11,15-16,23H,10,12-14,17-18H2,1-2H3/t23-/m1/s1. The molecule has 0 saturated carbocycles. The Morgan fingerprint density at radius 3 is 2.77 bits per heavy atom. The minimum absolute atomic E-state index is 0.126. The molecule has 1 atom stereocenters. The number of aryl methyl sites for hydroxylation is 1. The molecule has 0 aliphatic carbocycles. The van der Waals surface area contributed by atoms with Gasteiger partial charge in [-0.1, -0.05) is 24.3 Å². The maximum absolute atomic E-state index is 13.7. The third-order valence-corrected chi connectivity index (χ3v) is 7.15. The van der Waals surface area contributed by atoms with Gasteiger partial charge in [-0.3, -0.25) is 9.59 Å². The van der Waals surface area contributed by atoms with E-state index >= 15 is 0 Å². The minimum Gasteiger partial charge on any atom is -0.491 e. The summed E-state index contributed by atoms with van der Waals surface area (Å²) in [5.41, 5.74) is 2.31. The second-order valence-corrected chi connectivity index (χ2v) is 9.46. The molecule has 1 aliphatic heterocycles.